The van der Waals surface area contributed by atoms with E-state index in [2.05, 4.69) is 158 Å². The van der Waals surface area contributed by atoms with E-state index in [4.69, 9.17) is 0 Å². The Kier molecular flexibility index (Phi) is 4.66. The molecule has 0 fully saturated rings. The molecular weight excluding hydrogens is 553 g/mol. The topological polar surface area (TPSA) is 0 Å². The zero-order valence-electron chi connectivity index (χ0n) is 25.0. The van der Waals surface area contributed by atoms with Crippen molar-refractivity contribution in [3.8, 4) is 0 Å². The van der Waals surface area contributed by atoms with Gasteiger partial charge in [0.1, 0.15) is 0 Å². The second-order valence-corrected chi connectivity index (χ2v) is 13.0. The molecule has 0 aromatic heterocycles. The first-order chi connectivity index (χ1) is 22.7. The van der Waals surface area contributed by atoms with Crippen molar-refractivity contribution in [2.45, 2.75) is 0 Å². The summed E-state index contributed by atoms with van der Waals surface area (Å²) in [5.74, 6) is 0. The summed E-state index contributed by atoms with van der Waals surface area (Å²) in [6, 6.07) is 59.4. The Hall–Kier alpha value is -5.98. The van der Waals surface area contributed by atoms with Crippen LogP contribution in [0, 0.1) is 0 Å². The van der Waals surface area contributed by atoms with Gasteiger partial charge in [0.25, 0.3) is 0 Å². The molecule has 0 atom stereocenters. The lowest BCUT2D eigenvalue weighted by molar-refractivity contribution is 1.79. The van der Waals surface area contributed by atoms with E-state index < -0.39 is 0 Å². The van der Waals surface area contributed by atoms with Crippen LogP contribution in [0.1, 0.15) is 0 Å². The Morgan fingerprint density at radius 3 is 0.978 bits per heavy atom. The van der Waals surface area contributed by atoms with E-state index in [0.717, 1.165) is 0 Å². The van der Waals surface area contributed by atoms with Crippen LogP contribution in [0.4, 0.5) is 0 Å². The molecule has 0 aliphatic heterocycles. The monoisotopic (exact) mass is 578 g/mol. The summed E-state index contributed by atoms with van der Waals surface area (Å²) < 4.78 is 0. The van der Waals surface area contributed by atoms with Gasteiger partial charge in [-0.3, -0.25) is 0 Å². The summed E-state index contributed by atoms with van der Waals surface area (Å²) in [6.07, 6.45) is 0. The van der Waals surface area contributed by atoms with Crippen molar-refractivity contribution < 1.29 is 0 Å². The van der Waals surface area contributed by atoms with Crippen LogP contribution in [-0.2, 0) is 0 Å². The second-order valence-electron chi connectivity index (χ2n) is 13.0. The third-order valence-corrected chi connectivity index (χ3v) is 10.4. The van der Waals surface area contributed by atoms with Crippen molar-refractivity contribution in [1.82, 2.24) is 0 Å². The van der Waals surface area contributed by atoms with Crippen molar-refractivity contribution in [2.24, 2.45) is 0 Å². The van der Waals surface area contributed by atoms with Crippen LogP contribution in [0.5, 0.6) is 0 Å². The lowest BCUT2D eigenvalue weighted by Crippen LogP contribution is -1.87. The molecule has 0 radical (unpaired) electrons. The maximum absolute atomic E-state index is 2.41. The number of rotatable bonds is 0. The fourth-order valence-electron chi connectivity index (χ4n) is 8.21. The fraction of sp³-hybridized carbons (Fsp3) is 0. The molecule has 11 rings (SSSR count). The maximum Gasteiger partial charge on any atom is -0.00203 e. The number of fused-ring (bicyclic) bond motifs is 15. The maximum atomic E-state index is 2.41. The van der Waals surface area contributed by atoms with Crippen LogP contribution in [-0.4, -0.2) is 0 Å². The standard InChI is InChI=1S/C46H26/c1-2-7-31-21-36-24-38-26-44-34(22-37(38)23-35(36)20-30(31)6-1)14-18-42-40(44)16-12-28-10-9-27-11-15-39-41(45(27)46(28)42)17-13-33-19-29-5-3-4-8-32(29)25-43(33)39/h1-26H. The molecule has 0 nitrogen and oxygen atoms in total. The highest BCUT2D eigenvalue weighted by Crippen LogP contribution is 2.41. The highest BCUT2D eigenvalue weighted by atomic mass is 14.2. The van der Waals surface area contributed by atoms with E-state index >= 15 is 0 Å². The molecule has 11 aromatic rings. The summed E-state index contributed by atoms with van der Waals surface area (Å²) in [4.78, 5) is 0. The molecule has 0 amide bonds. The molecule has 0 heteroatoms. The van der Waals surface area contributed by atoms with E-state index in [0.29, 0.717) is 0 Å². The Balaban J connectivity index is 1.23. The first kappa shape index (κ1) is 24.4. The third-order valence-electron chi connectivity index (χ3n) is 10.4. The first-order valence-electron chi connectivity index (χ1n) is 16.1. The van der Waals surface area contributed by atoms with Crippen LogP contribution < -0.4 is 0 Å². The van der Waals surface area contributed by atoms with E-state index in [9.17, 15) is 0 Å². The van der Waals surface area contributed by atoms with Gasteiger partial charge in [-0.25, -0.2) is 0 Å². The average Bonchev–Trinajstić information content (AvgIpc) is 3.10. The zero-order valence-corrected chi connectivity index (χ0v) is 25.0. The van der Waals surface area contributed by atoms with Gasteiger partial charge in [0.15, 0.2) is 0 Å². The Morgan fingerprint density at radius 1 is 0.174 bits per heavy atom. The fourth-order valence-corrected chi connectivity index (χ4v) is 8.21. The lowest BCUT2D eigenvalue weighted by atomic mass is 9.89. The molecule has 0 bridgehead atoms. The largest absolute Gasteiger partial charge is 0.0616 e. The van der Waals surface area contributed by atoms with Gasteiger partial charge in [-0.2, -0.15) is 0 Å². The van der Waals surface area contributed by atoms with Crippen LogP contribution in [0.2, 0.25) is 0 Å². The van der Waals surface area contributed by atoms with Gasteiger partial charge in [0, 0.05) is 0 Å². The number of hydrogen-bond donors (Lipinski definition) is 0. The van der Waals surface area contributed by atoms with Gasteiger partial charge in [0.2, 0.25) is 0 Å². The predicted octanol–water partition coefficient (Wildman–Crippen LogP) is 13.2. The first-order valence-corrected chi connectivity index (χ1v) is 16.1. The van der Waals surface area contributed by atoms with Gasteiger partial charge in [-0.1, -0.05) is 109 Å². The summed E-state index contributed by atoms with van der Waals surface area (Å²) >= 11 is 0. The minimum atomic E-state index is 1.28. The van der Waals surface area contributed by atoms with Crippen LogP contribution in [0.3, 0.4) is 0 Å². The van der Waals surface area contributed by atoms with Crippen molar-refractivity contribution >= 4 is 108 Å². The Morgan fingerprint density at radius 2 is 0.478 bits per heavy atom. The van der Waals surface area contributed by atoms with Gasteiger partial charge >= 0.3 is 0 Å². The molecule has 0 spiro atoms. The van der Waals surface area contributed by atoms with E-state index in [1.165, 1.54) is 108 Å². The normalized spacial score (nSPS) is 12.3. The minimum absolute atomic E-state index is 1.28. The summed E-state index contributed by atoms with van der Waals surface area (Å²) in [7, 11) is 0. The number of benzene rings is 11. The molecule has 210 valence electrons. The van der Waals surface area contributed by atoms with Gasteiger partial charge < -0.3 is 0 Å². The molecule has 0 N–H and O–H groups in total. The van der Waals surface area contributed by atoms with E-state index in [1.807, 2.05) is 0 Å². The third kappa shape index (κ3) is 3.33. The zero-order chi connectivity index (χ0) is 29.9. The van der Waals surface area contributed by atoms with Crippen LogP contribution in [0.25, 0.3) is 108 Å². The van der Waals surface area contributed by atoms with E-state index in [1.54, 1.807) is 0 Å². The SMILES string of the molecule is c1ccc2cc3cc4cc5c(ccc6c5ccc5ccc7ccc8c9cc%10ccccc%10cc9ccc8c7c56)cc4cc3cc2c1. The Labute approximate surface area is 264 Å². The van der Waals surface area contributed by atoms with Gasteiger partial charge in [-0.15, -0.1) is 0 Å². The van der Waals surface area contributed by atoms with Gasteiger partial charge in [-0.05, 0) is 156 Å². The molecule has 0 unspecified atom stereocenters. The molecule has 0 saturated carbocycles. The molecule has 46 heavy (non-hydrogen) atoms. The summed E-state index contributed by atoms with van der Waals surface area (Å²) in [6.45, 7) is 0. The van der Waals surface area contributed by atoms with Crippen molar-refractivity contribution in [1.29, 1.82) is 0 Å². The highest BCUT2D eigenvalue weighted by molar-refractivity contribution is 6.32. The molecule has 0 heterocycles. The predicted molar refractivity (Wildman–Crippen MR) is 202 cm³/mol. The molecule has 0 aliphatic rings. The Bertz CT molecular complexity index is 3130. The second kappa shape index (κ2) is 8.81. The molecular formula is C46H26. The van der Waals surface area contributed by atoms with E-state index in [-0.39, 0.29) is 0 Å². The smallest absolute Gasteiger partial charge is 0.00203 e. The quantitative estimate of drug-likeness (QED) is 0.124. The highest BCUT2D eigenvalue weighted by Gasteiger charge is 2.13. The van der Waals surface area contributed by atoms with Crippen molar-refractivity contribution in [3.63, 3.8) is 0 Å². The molecule has 0 aliphatic carbocycles. The van der Waals surface area contributed by atoms with Crippen LogP contribution >= 0.6 is 0 Å². The van der Waals surface area contributed by atoms with Crippen LogP contribution in [0.15, 0.2) is 158 Å². The minimum Gasteiger partial charge on any atom is -0.0616 e. The summed E-state index contributed by atoms with van der Waals surface area (Å²) in [5, 5.41) is 26.0. The molecule has 0 saturated heterocycles. The van der Waals surface area contributed by atoms with Gasteiger partial charge in [0.05, 0.1) is 0 Å². The average molecular weight is 579 g/mol. The number of hydrogen-bond acceptors (Lipinski definition) is 0. The summed E-state index contributed by atoms with van der Waals surface area (Å²) in [5.41, 5.74) is 0. The van der Waals surface area contributed by atoms with Crippen molar-refractivity contribution in [2.75, 3.05) is 0 Å². The van der Waals surface area contributed by atoms with Crippen molar-refractivity contribution in [3.05, 3.63) is 158 Å². The lowest BCUT2D eigenvalue weighted by Gasteiger charge is -2.14. The molecule has 11 aromatic carbocycles.